The van der Waals surface area contributed by atoms with E-state index in [2.05, 4.69) is 32.3 Å². The lowest BCUT2D eigenvalue weighted by molar-refractivity contribution is 0.506. The van der Waals surface area contributed by atoms with E-state index in [1.54, 1.807) is 30.6 Å². The Balaban J connectivity index is 1.31. The normalized spacial score (nSPS) is 19.0. The summed E-state index contributed by atoms with van der Waals surface area (Å²) < 4.78 is 29.3. The van der Waals surface area contributed by atoms with Crippen molar-refractivity contribution in [2.75, 3.05) is 34.2 Å². The van der Waals surface area contributed by atoms with Gasteiger partial charge in [-0.1, -0.05) is 32.0 Å². The molecule has 196 valence electrons. The second-order valence-electron chi connectivity index (χ2n) is 10.7. The summed E-state index contributed by atoms with van der Waals surface area (Å²) in [4.78, 5) is 16.1. The van der Waals surface area contributed by atoms with Crippen LogP contribution in [0.15, 0.2) is 71.9 Å². The number of benzene rings is 2. The fourth-order valence-corrected chi connectivity index (χ4v) is 7.11. The van der Waals surface area contributed by atoms with E-state index in [9.17, 15) is 8.42 Å². The molecule has 1 unspecified atom stereocenters. The second kappa shape index (κ2) is 9.21. The van der Waals surface area contributed by atoms with Crippen LogP contribution in [0.4, 0.5) is 23.1 Å². The lowest BCUT2D eigenvalue weighted by Crippen LogP contribution is -2.42. The van der Waals surface area contributed by atoms with E-state index >= 15 is 0 Å². The van der Waals surface area contributed by atoms with E-state index in [4.69, 9.17) is 10.7 Å². The molecule has 6 rings (SSSR count). The SMILES string of the molecule is CC1(C)CN(S(=O)(=O)c2cccc3cccnc23)c2nc(Nc3ccc(N4CCCC(N)C4)cc3)ncc21. The zero-order valence-corrected chi connectivity index (χ0v) is 22.3. The van der Waals surface area contributed by atoms with Gasteiger partial charge in [-0.15, -0.1) is 0 Å². The van der Waals surface area contributed by atoms with Gasteiger partial charge in [-0.05, 0) is 49.2 Å². The highest BCUT2D eigenvalue weighted by molar-refractivity contribution is 7.93. The Labute approximate surface area is 222 Å². The number of hydrogen-bond acceptors (Lipinski definition) is 8. The average Bonchev–Trinajstić information content (AvgIpc) is 3.19. The van der Waals surface area contributed by atoms with Crippen molar-refractivity contribution in [2.24, 2.45) is 5.73 Å². The van der Waals surface area contributed by atoms with E-state index in [0.717, 1.165) is 48.3 Å². The van der Waals surface area contributed by atoms with Gasteiger partial charge in [-0.2, -0.15) is 4.98 Å². The minimum Gasteiger partial charge on any atom is -0.370 e. The van der Waals surface area contributed by atoms with Crippen molar-refractivity contribution in [3.63, 3.8) is 0 Å². The quantitative estimate of drug-likeness (QED) is 0.395. The van der Waals surface area contributed by atoms with Crippen molar-refractivity contribution < 1.29 is 8.42 Å². The van der Waals surface area contributed by atoms with Crippen LogP contribution in [0.5, 0.6) is 0 Å². The molecule has 38 heavy (non-hydrogen) atoms. The molecule has 0 spiro atoms. The van der Waals surface area contributed by atoms with Crippen molar-refractivity contribution in [1.82, 2.24) is 15.0 Å². The molecule has 4 heterocycles. The number of hydrogen-bond donors (Lipinski definition) is 2. The number of fused-ring (bicyclic) bond motifs is 2. The van der Waals surface area contributed by atoms with E-state index in [1.807, 2.05) is 38.1 Å². The summed E-state index contributed by atoms with van der Waals surface area (Å²) in [6, 6.07) is 17.1. The van der Waals surface area contributed by atoms with Crippen LogP contribution >= 0.6 is 0 Å². The largest absolute Gasteiger partial charge is 0.370 e. The van der Waals surface area contributed by atoms with Gasteiger partial charge in [0.1, 0.15) is 4.90 Å². The van der Waals surface area contributed by atoms with Crippen LogP contribution in [0.1, 0.15) is 32.3 Å². The molecule has 4 aromatic rings. The van der Waals surface area contributed by atoms with E-state index in [1.165, 1.54) is 4.31 Å². The van der Waals surface area contributed by atoms with E-state index in [-0.39, 0.29) is 17.5 Å². The number of rotatable bonds is 5. The maximum atomic E-state index is 14.0. The molecule has 0 amide bonds. The van der Waals surface area contributed by atoms with Crippen molar-refractivity contribution in [1.29, 1.82) is 0 Å². The first-order chi connectivity index (χ1) is 18.2. The van der Waals surface area contributed by atoms with Crippen molar-refractivity contribution in [2.45, 2.75) is 43.0 Å². The predicted octanol–water partition coefficient (Wildman–Crippen LogP) is 4.18. The Kier molecular flexibility index (Phi) is 5.96. The van der Waals surface area contributed by atoms with Crippen LogP contribution in [0.2, 0.25) is 0 Å². The van der Waals surface area contributed by atoms with Crippen LogP contribution in [-0.2, 0) is 15.4 Å². The molecule has 0 radical (unpaired) electrons. The van der Waals surface area contributed by atoms with Crippen molar-refractivity contribution in [3.8, 4) is 0 Å². The summed E-state index contributed by atoms with van der Waals surface area (Å²) in [7, 11) is -3.92. The van der Waals surface area contributed by atoms with Crippen molar-refractivity contribution >= 4 is 44.1 Å². The number of sulfonamides is 1. The minimum absolute atomic E-state index is 0.167. The number of nitrogens with zero attached hydrogens (tertiary/aromatic N) is 5. The Bertz CT molecular complexity index is 1600. The minimum atomic E-state index is -3.92. The molecule has 1 saturated heterocycles. The molecule has 2 aliphatic heterocycles. The Hall–Kier alpha value is -3.76. The predicted molar refractivity (Wildman–Crippen MR) is 150 cm³/mol. The topological polar surface area (TPSA) is 117 Å². The lowest BCUT2D eigenvalue weighted by Gasteiger charge is -2.32. The number of aromatic nitrogens is 3. The standard InChI is InChI=1S/C28H31N7O2S/c1-28(2)18-35(38(36,37)24-9-3-6-19-7-4-14-30-25(19)24)26-23(28)16-31-27(33-26)32-21-10-12-22(13-11-21)34-15-5-8-20(29)17-34/h3-4,6-7,9-14,16,20H,5,8,15,17-18,29H2,1-2H3,(H,31,32,33). The molecular formula is C28H31N7O2S. The summed E-state index contributed by atoms with van der Waals surface area (Å²) >= 11 is 0. The Morgan fingerprint density at radius 2 is 1.84 bits per heavy atom. The third kappa shape index (κ3) is 4.33. The van der Waals surface area contributed by atoms with Gasteiger partial charge in [0.15, 0.2) is 5.82 Å². The first kappa shape index (κ1) is 24.6. The number of anilines is 4. The summed E-state index contributed by atoms with van der Waals surface area (Å²) in [5, 5.41) is 4.01. The lowest BCUT2D eigenvalue weighted by atomic mass is 9.89. The van der Waals surface area contributed by atoms with Crippen LogP contribution < -0.4 is 20.3 Å². The third-order valence-corrected chi connectivity index (χ3v) is 9.15. The van der Waals surface area contributed by atoms with Gasteiger partial charge in [0.25, 0.3) is 10.0 Å². The number of para-hydroxylation sites is 1. The number of piperidine rings is 1. The fraction of sp³-hybridized carbons (Fsp3) is 0.321. The summed E-state index contributed by atoms with van der Waals surface area (Å²) in [6.45, 7) is 6.13. The van der Waals surface area contributed by atoms with Gasteiger partial charge in [-0.25, -0.2) is 17.7 Å². The molecule has 1 atom stereocenters. The number of nitrogens with two attached hydrogens (primary N) is 1. The highest BCUT2D eigenvalue weighted by Gasteiger charge is 2.43. The molecule has 10 heteroatoms. The maximum absolute atomic E-state index is 14.0. The third-order valence-electron chi connectivity index (χ3n) is 7.38. The molecule has 0 saturated carbocycles. The van der Waals surface area contributed by atoms with Crippen LogP contribution in [0.3, 0.4) is 0 Å². The van der Waals surface area contributed by atoms with Gasteiger partial charge in [0, 0.05) is 65.8 Å². The zero-order valence-electron chi connectivity index (χ0n) is 21.5. The zero-order chi connectivity index (χ0) is 26.5. The molecule has 0 aliphatic carbocycles. The van der Waals surface area contributed by atoms with Crippen molar-refractivity contribution in [3.05, 3.63) is 72.6 Å². The Morgan fingerprint density at radius 3 is 2.63 bits per heavy atom. The summed E-state index contributed by atoms with van der Waals surface area (Å²) in [5.74, 6) is 0.727. The number of nitrogens with one attached hydrogen (secondary N) is 1. The summed E-state index contributed by atoms with van der Waals surface area (Å²) in [6.07, 6.45) is 5.49. The highest BCUT2D eigenvalue weighted by Crippen LogP contribution is 2.42. The Morgan fingerprint density at radius 1 is 1.05 bits per heavy atom. The maximum Gasteiger partial charge on any atom is 0.267 e. The van der Waals surface area contributed by atoms with Gasteiger partial charge in [0.05, 0.1) is 5.52 Å². The van der Waals surface area contributed by atoms with Gasteiger partial charge in [0.2, 0.25) is 5.95 Å². The van der Waals surface area contributed by atoms with E-state index in [0.29, 0.717) is 17.3 Å². The average molecular weight is 530 g/mol. The first-order valence-corrected chi connectivity index (χ1v) is 14.3. The molecule has 2 aromatic heterocycles. The van der Waals surface area contributed by atoms with Crippen LogP contribution in [0, 0.1) is 0 Å². The monoisotopic (exact) mass is 529 g/mol. The van der Waals surface area contributed by atoms with E-state index < -0.39 is 15.4 Å². The van der Waals surface area contributed by atoms with Gasteiger partial charge in [-0.3, -0.25) is 4.98 Å². The second-order valence-corrected chi connectivity index (χ2v) is 12.5. The fourth-order valence-electron chi connectivity index (χ4n) is 5.35. The first-order valence-electron chi connectivity index (χ1n) is 12.8. The van der Waals surface area contributed by atoms with Crippen LogP contribution in [0.25, 0.3) is 10.9 Å². The van der Waals surface area contributed by atoms with Crippen LogP contribution in [-0.4, -0.2) is 49.0 Å². The van der Waals surface area contributed by atoms with Gasteiger partial charge < -0.3 is 16.0 Å². The molecule has 9 nitrogen and oxygen atoms in total. The molecular weight excluding hydrogens is 498 g/mol. The molecule has 0 bridgehead atoms. The highest BCUT2D eigenvalue weighted by atomic mass is 32.2. The molecule has 1 fully saturated rings. The molecule has 2 aromatic carbocycles. The molecule has 2 aliphatic rings. The summed E-state index contributed by atoms with van der Waals surface area (Å²) in [5.41, 5.74) is 8.88. The smallest absolute Gasteiger partial charge is 0.267 e. The molecule has 3 N–H and O–H groups in total. The number of pyridine rings is 1. The van der Waals surface area contributed by atoms with Gasteiger partial charge >= 0.3 is 0 Å².